The third kappa shape index (κ3) is 1.70. The number of hydrogen-bond acceptors (Lipinski definition) is 2. The maximum Gasteiger partial charge on any atom is 0.222 e. The number of carbonyl (C=O) groups is 1. The molecule has 15 heavy (non-hydrogen) atoms. The zero-order chi connectivity index (χ0) is 10.8. The van der Waals surface area contributed by atoms with E-state index in [1.54, 1.807) is 5.38 Å². The molecule has 0 saturated carbocycles. The van der Waals surface area contributed by atoms with Gasteiger partial charge in [0, 0.05) is 21.0 Å². The lowest BCUT2D eigenvalue weighted by Crippen LogP contribution is -1.97. The minimum atomic E-state index is -0.696. The first-order valence-corrected chi connectivity index (χ1v) is 5.44. The largest absolute Gasteiger partial charge is 0.286 e. The molecule has 0 aliphatic carbocycles. The van der Waals surface area contributed by atoms with Crippen molar-refractivity contribution in [3.8, 4) is 0 Å². The Bertz CT molecular complexity index is 539. The van der Waals surface area contributed by atoms with Crippen LogP contribution in [0.25, 0.3) is 10.1 Å². The Morgan fingerprint density at radius 2 is 2.13 bits per heavy atom. The van der Waals surface area contributed by atoms with Crippen LogP contribution in [0.3, 0.4) is 0 Å². The number of thiophene rings is 1. The number of halogens is 1. The van der Waals surface area contributed by atoms with Gasteiger partial charge in [-0.2, -0.15) is 0 Å². The van der Waals surface area contributed by atoms with Crippen molar-refractivity contribution in [1.29, 1.82) is 0 Å². The van der Waals surface area contributed by atoms with E-state index in [2.05, 4.69) is 0 Å². The van der Waals surface area contributed by atoms with Crippen molar-refractivity contribution in [3.63, 3.8) is 0 Å². The van der Waals surface area contributed by atoms with Gasteiger partial charge in [0.1, 0.15) is 0 Å². The van der Waals surface area contributed by atoms with Gasteiger partial charge >= 0.3 is 0 Å². The van der Waals surface area contributed by atoms with Crippen LogP contribution in [0, 0.1) is 0 Å². The molecule has 0 N–H and O–H groups in total. The summed E-state index contributed by atoms with van der Waals surface area (Å²) >= 11 is 1.46. The van der Waals surface area contributed by atoms with Crippen LogP contribution < -0.4 is 0 Å². The number of Topliss-reactive ketones (excluding diaryl/α,β-unsaturated/α-hetero) is 1. The van der Waals surface area contributed by atoms with Gasteiger partial charge in [-0.25, -0.2) is 4.39 Å². The van der Waals surface area contributed by atoms with Crippen molar-refractivity contribution < 1.29 is 9.18 Å². The zero-order valence-electron chi connectivity index (χ0n) is 8.16. The summed E-state index contributed by atoms with van der Waals surface area (Å²) < 4.78 is 14.1. The van der Waals surface area contributed by atoms with Gasteiger partial charge in [0.15, 0.2) is 5.83 Å². The molecule has 0 saturated heterocycles. The highest BCUT2D eigenvalue weighted by molar-refractivity contribution is 7.17. The summed E-state index contributed by atoms with van der Waals surface area (Å²) in [5.74, 6) is -1.23. The molecule has 1 nitrogen and oxygen atoms in total. The van der Waals surface area contributed by atoms with E-state index in [0.717, 1.165) is 10.1 Å². The molecular formula is C12H9FOS. The van der Waals surface area contributed by atoms with Crippen molar-refractivity contribution in [3.05, 3.63) is 47.1 Å². The summed E-state index contributed by atoms with van der Waals surface area (Å²) in [4.78, 5) is 11.6. The smallest absolute Gasteiger partial charge is 0.222 e. The highest BCUT2D eigenvalue weighted by Crippen LogP contribution is 2.27. The summed E-state index contributed by atoms with van der Waals surface area (Å²) in [6.07, 6.45) is 1.19. The average Bonchev–Trinajstić information content (AvgIpc) is 2.70. The fourth-order valence-electron chi connectivity index (χ4n) is 1.41. The second-order valence-corrected chi connectivity index (χ2v) is 4.02. The molecule has 0 atom stereocenters. The molecule has 0 aliphatic rings. The molecule has 2 rings (SSSR count). The molecular weight excluding hydrogens is 211 g/mol. The predicted octanol–water partition coefficient (Wildman–Crippen LogP) is 3.96. The Morgan fingerprint density at radius 3 is 2.87 bits per heavy atom. The number of fused-ring (bicyclic) bond motifs is 1. The Kier molecular flexibility index (Phi) is 2.64. The van der Waals surface area contributed by atoms with Gasteiger partial charge in [0.2, 0.25) is 5.78 Å². The molecule has 1 aromatic carbocycles. The molecule has 0 spiro atoms. The van der Waals surface area contributed by atoms with Crippen LogP contribution in [0.2, 0.25) is 0 Å². The molecule has 0 fully saturated rings. The normalized spacial score (nSPS) is 12.0. The fraction of sp³-hybridized carbons (Fsp3) is 0.0833. The summed E-state index contributed by atoms with van der Waals surface area (Å²) in [5.41, 5.74) is 0.450. The topological polar surface area (TPSA) is 17.1 Å². The van der Waals surface area contributed by atoms with Crippen LogP contribution >= 0.6 is 11.3 Å². The van der Waals surface area contributed by atoms with Gasteiger partial charge < -0.3 is 0 Å². The molecule has 0 aliphatic heterocycles. The summed E-state index contributed by atoms with van der Waals surface area (Å²) in [5, 5.41) is 2.53. The number of hydrogen-bond donors (Lipinski definition) is 0. The monoisotopic (exact) mass is 220 g/mol. The highest BCUT2D eigenvalue weighted by atomic mass is 32.1. The van der Waals surface area contributed by atoms with E-state index in [1.807, 2.05) is 24.3 Å². The molecule has 1 aromatic heterocycles. The van der Waals surface area contributed by atoms with Crippen molar-refractivity contribution in [2.75, 3.05) is 0 Å². The van der Waals surface area contributed by atoms with E-state index in [1.165, 1.54) is 24.3 Å². The number of benzene rings is 1. The van der Waals surface area contributed by atoms with Crippen LogP contribution in [0.4, 0.5) is 4.39 Å². The minimum absolute atomic E-state index is 0.450. The van der Waals surface area contributed by atoms with Gasteiger partial charge in [-0.1, -0.05) is 18.2 Å². The van der Waals surface area contributed by atoms with Crippen LogP contribution in [0.5, 0.6) is 0 Å². The zero-order valence-corrected chi connectivity index (χ0v) is 8.98. The molecule has 1 heterocycles. The molecule has 3 heteroatoms. The van der Waals surface area contributed by atoms with E-state index in [9.17, 15) is 9.18 Å². The summed E-state index contributed by atoms with van der Waals surface area (Å²) in [7, 11) is 0. The third-order valence-electron chi connectivity index (χ3n) is 2.20. The standard InChI is InChI=1S/C12H9FOS/c1-2-10(13)12(14)9-7-15-11-6-4-3-5-8(9)11/h2-7H,1H3/b10-2-. The van der Waals surface area contributed by atoms with Crippen LogP contribution in [-0.4, -0.2) is 5.78 Å². The van der Waals surface area contributed by atoms with Crippen molar-refractivity contribution in [2.45, 2.75) is 6.92 Å². The minimum Gasteiger partial charge on any atom is -0.286 e. The molecule has 0 bridgehead atoms. The third-order valence-corrected chi connectivity index (χ3v) is 3.16. The molecule has 0 radical (unpaired) electrons. The first-order chi connectivity index (χ1) is 7.24. The quantitative estimate of drug-likeness (QED) is 0.553. The van der Waals surface area contributed by atoms with E-state index in [-0.39, 0.29) is 0 Å². The van der Waals surface area contributed by atoms with Crippen LogP contribution in [0.15, 0.2) is 41.5 Å². The molecule has 0 unspecified atom stereocenters. The van der Waals surface area contributed by atoms with Gasteiger partial charge in [0.05, 0.1) is 0 Å². The Balaban J connectivity index is 2.58. The van der Waals surface area contributed by atoms with Gasteiger partial charge in [-0.15, -0.1) is 11.3 Å². The highest BCUT2D eigenvalue weighted by Gasteiger charge is 2.15. The van der Waals surface area contributed by atoms with E-state index < -0.39 is 11.6 Å². The van der Waals surface area contributed by atoms with Crippen LogP contribution in [0.1, 0.15) is 17.3 Å². The Hall–Kier alpha value is -1.48. The van der Waals surface area contributed by atoms with Crippen molar-refractivity contribution >= 4 is 27.2 Å². The maximum absolute atomic E-state index is 13.1. The predicted molar refractivity (Wildman–Crippen MR) is 61.0 cm³/mol. The van der Waals surface area contributed by atoms with E-state index in [0.29, 0.717) is 5.56 Å². The second kappa shape index (κ2) is 3.95. The van der Waals surface area contributed by atoms with Crippen molar-refractivity contribution in [1.82, 2.24) is 0 Å². The average molecular weight is 220 g/mol. The maximum atomic E-state index is 13.1. The molecule has 2 aromatic rings. The lowest BCUT2D eigenvalue weighted by Gasteiger charge is -1.95. The summed E-state index contributed by atoms with van der Waals surface area (Å²) in [6.45, 7) is 1.52. The first kappa shape index (κ1) is 10.1. The summed E-state index contributed by atoms with van der Waals surface area (Å²) in [6, 6.07) is 7.50. The SMILES string of the molecule is C/C=C(\F)C(=O)c1csc2ccccc12. The number of rotatable bonds is 2. The molecule has 0 amide bonds. The second-order valence-electron chi connectivity index (χ2n) is 3.11. The van der Waals surface area contributed by atoms with Gasteiger partial charge in [-0.3, -0.25) is 4.79 Å². The van der Waals surface area contributed by atoms with Crippen LogP contribution in [-0.2, 0) is 0 Å². The number of carbonyl (C=O) groups excluding carboxylic acids is 1. The van der Waals surface area contributed by atoms with E-state index >= 15 is 0 Å². The Labute approximate surface area is 90.9 Å². The molecule has 76 valence electrons. The fourth-order valence-corrected chi connectivity index (χ4v) is 2.35. The van der Waals surface area contributed by atoms with Crippen molar-refractivity contribution in [2.24, 2.45) is 0 Å². The number of allylic oxidation sites excluding steroid dienone is 2. The van der Waals surface area contributed by atoms with Gasteiger partial charge in [0.25, 0.3) is 0 Å². The lowest BCUT2D eigenvalue weighted by molar-refractivity contribution is 0.101. The number of ketones is 1. The lowest BCUT2D eigenvalue weighted by atomic mass is 10.1. The van der Waals surface area contributed by atoms with E-state index in [4.69, 9.17) is 0 Å². The Morgan fingerprint density at radius 1 is 1.40 bits per heavy atom. The van der Waals surface area contributed by atoms with Gasteiger partial charge in [-0.05, 0) is 19.1 Å². The first-order valence-electron chi connectivity index (χ1n) is 4.56.